The molecule has 0 aliphatic carbocycles. The van der Waals surface area contributed by atoms with Crippen molar-refractivity contribution < 1.29 is 9.53 Å². The van der Waals surface area contributed by atoms with Crippen LogP contribution in [0.3, 0.4) is 0 Å². The monoisotopic (exact) mass is 648 g/mol. The van der Waals surface area contributed by atoms with Gasteiger partial charge in [-0.2, -0.15) is 0 Å². The summed E-state index contributed by atoms with van der Waals surface area (Å²) < 4.78 is 8.69. The van der Waals surface area contributed by atoms with Crippen LogP contribution in [0.5, 0.6) is 0 Å². The van der Waals surface area contributed by atoms with Crippen molar-refractivity contribution in [3.05, 3.63) is 87.1 Å². The van der Waals surface area contributed by atoms with Crippen LogP contribution in [0.25, 0.3) is 16.9 Å². The molecule has 3 aliphatic rings. The topological polar surface area (TPSA) is 110 Å². The number of nitrogens with one attached hydrogen (secondary N) is 1. The molecule has 13 heteroatoms. The molecule has 11 nitrogen and oxygen atoms in total. The average Bonchev–Trinajstić information content (AvgIpc) is 3.45. The molecule has 2 fully saturated rings. The first-order chi connectivity index (χ1) is 21.9. The number of nitrogens with zero attached hydrogens (tertiary/aromatic N) is 7. The second kappa shape index (κ2) is 12.9. The van der Waals surface area contributed by atoms with E-state index in [1.807, 2.05) is 6.07 Å². The van der Waals surface area contributed by atoms with Gasteiger partial charge >= 0.3 is 0 Å². The molecule has 3 aliphatic heterocycles. The van der Waals surface area contributed by atoms with Crippen LogP contribution in [0.2, 0.25) is 10.2 Å². The molecule has 7 rings (SSSR count). The van der Waals surface area contributed by atoms with Gasteiger partial charge in [0.25, 0.3) is 5.56 Å². The molecule has 2 bridgehead atoms. The first kappa shape index (κ1) is 29.9. The molecule has 4 aromatic rings. The van der Waals surface area contributed by atoms with Gasteiger partial charge in [-0.1, -0.05) is 53.4 Å². The molecule has 0 spiro atoms. The summed E-state index contributed by atoms with van der Waals surface area (Å²) in [6.07, 6.45) is 6.68. The van der Waals surface area contributed by atoms with E-state index in [-0.39, 0.29) is 28.7 Å². The lowest BCUT2D eigenvalue weighted by Crippen LogP contribution is -2.64. The van der Waals surface area contributed by atoms with E-state index in [0.29, 0.717) is 41.1 Å². The van der Waals surface area contributed by atoms with Gasteiger partial charge in [0.05, 0.1) is 49.2 Å². The quantitative estimate of drug-likeness (QED) is 0.354. The van der Waals surface area contributed by atoms with E-state index >= 15 is 0 Å². The van der Waals surface area contributed by atoms with E-state index in [2.05, 4.69) is 43.6 Å². The first-order valence-corrected chi connectivity index (χ1v) is 16.1. The number of ether oxygens (including phenoxy) is 1. The number of hydrogen-bond donors (Lipinski definition) is 1. The Bertz CT molecular complexity index is 1760. The average molecular weight is 650 g/mol. The molecule has 2 aromatic heterocycles. The molecule has 1 amide bonds. The summed E-state index contributed by atoms with van der Waals surface area (Å²) in [4.78, 5) is 36.6. The molecule has 2 saturated heterocycles. The van der Waals surface area contributed by atoms with Gasteiger partial charge in [0.1, 0.15) is 6.04 Å². The number of fused-ring (bicyclic) bond motifs is 4. The molecule has 0 saturated carbocycles. The highest BCUT2D eigenvalue weighted by Gasteiger charge is 2.37. The summed E-state index contributed by atoms with van der Waals surface area (Å²) >= 11 is 12.4. The van der Waals surface area contributed by atoms with Crippen LogP contribution in [0, 0.1) is 0 Å². The van der Waals surface area contributed by atoms with Gasteiger partial charge in [0.2, 0.25) is 5.91 Å². The Morgan fingerprint density at radius 2 is 1.84 bits per heavy atom. The van der Waals surface area contributed by atoms with Gasteiger partial charge in [0.15, 0.2) is 5.15 Å². The third kappa shape index (κ3) is 6.22. The lowest BCUT2D eigenvalue weighted by molar-refractivity contribution is -0.125. The van der Waals surface area contributed by atoms with Gasteiger partial charge < -0.3 is 15.0 Å². The number of hydrogen-bond acceptors (Lipinski definition) is 8. The minimum atomic E-state index is -0.302. The number of piperazine rings is 1. The molecule has 1 unspecified atom stereocenters. The SMILES string of the molecule is O=C1NCCCCCC(n2cnc(-c3cc(Cl)ccc3-n3cc(Cl)nn3)cc2=O)c2cccc(c2)N2CCN(C3COC3)C[C@H]12. The maximum atomic E-state index is 13.8. The molecule has 2 aromatic carbocycles. The second-order valence-electron chi connectivity index (χ2n) is 11.8. The van der Waals surface area contributed by atoms with E-state index in [1.54, 1.807) is 41.4 Å². The Labute approximate surface area is 270 Å². The number of halogens is 2. The minimum Gasteiger partial charge on any atom is -0.378 e. The van der Waals surface area contributed by atoms with Crippen molar-refractivity contribution in [1.29, 1.82) is 0 Å². The van der Waals surface area contributed by atoms with Crippen molar-refractivity contribution in [3.63, 3.8) is 0 Å². The van der Waals surface area contributed by atoms with Crippen LogP contribution in [-0.2, 0) is 9.53 Å². The second-order valence-corrected chi connectivity index (χ2v) is 12.6. The highest BCUT2D eigenvalue weighted by molar-refractivity contribution is 6.31. The molecular weight excluding hydrogens is 615 g/mol. The Morgan fingerprint density at radius 3 is 2.62 bits per heavy atom. The summed E-state index contributed by atoms with van der Waals surface area (Å²) in [5, 5.41) is 11.9. The Morgan fingerprint density at radius 1 is 0.956 bits per heavy atom. The Hall–Kier alpha value is -3.77. The predicted molar refractivity (Wildman–Crippen MR) is 172 cm³/mol. The molecule has 234 valence electrons. The van der Waals surface area contributed by atoms with Crippen molar-refractivity contribution in [1.82, 2.24) is 34.8 Å². The van der Waals surface area contributed by atoms with E-state index in [1.165, 1.54) is 4.68 Å². The predicted octanol–water partition coefficient (Wildman–Crippen LogP) is 3.97. The number of benzene rings is 2. The van der Waals surface area contributed by atoms with Crippen LogP contribution in [0.15, 0.2) is 65.8 Å². The van der Waals surface area contributed by atoms with E-state index in [9.17, 15) is 9.59 Å². The zero-order valence-corrected chi connectivity index (χ0v) is 26.2. The minimum absolute atomic E-state index is 0.0608. The van der Waals surface area contributed by atoms with Crippen molar-refractivity contribution in [2.75, 3.05) is 44.3 Å². The van der Waals surface area contributed by atoms with Crippen molar-refractivity contribution in [2.45, 2.75) is 43.8 Å². The number of amides is 1. The maximum Gasteiger partial charge on any atom is 0.254 e. The summed E-state index contributed by atoms with van der Waals surface area (Å²) in [5.74, 6) is 0.0608. The Kier molecular flexibility index (Phi) is 8.59. The molecule has 5 heterocycles. The maximum absolute atomic E-state index is 13.8. The summed E-state index contributed by atoms with van der Waals surface area (Å²) in [7, 11) is 0. The third-order valence-electron chi connectivity index (χ3n) is 9.01. The third-order valence-corrected chi connectivity index (χ3v) is 9.42. The standard InChI is InChI=1S/C32H34Cl2N8O3/c33-22-8-9-28(42-17-30(34)37-38-42)25(14-22)26-15-31(43)41(20-36-26)27-7-2-1-3-10-35-32(44)29-16-39(24-18-45-19-24)11-12-40(29)23-6-4-5-21(27)13-23/h4-6,8-9,13-15,17,20,24,27,29H,1-3,7,10-12,16,18-19H2,(H,35,44)/t27?,29-/m1/s1. The highest BCUT2D eigenvalue weighted by atomic mass is 35.5. The molecule has 2 atom stereocenters. The van der Waals surface area contributed by atoms with Crippen molar-refractivity contribution in [3.8, 4) is 16.9 Å². The fourth-order valence-electron chi connectivity index (χ4n) is 6.51. The van der Waals surface area contributed by atoms with Crippen LogP contribution < -0.4 is 15.8 Å². The van der Waals surface area contributed by atoms with Crippen LogP contribution >= 0.6 is 23.2 Å². The fraction of sp³-hybridized carbons (Fsp3) is 0.406. The van der Waals surface area contributed by atoms with Gasteiger partial charge in [-0.05, 0) is 48.7 Å². The van der Waals surface area contributed by atoms with Gasteiger partial charge in [-0.15, -0.1) is 5.10 Å². The summed E-state index contributed by atoms with van der Waals surface area (Å²) in [6.45, 7) is 4.33. The normalized spacial score (nSPS) is 21.6. The number of aromatic nitrogens is 5. The van der Waals surface area contributed by atoms with E-state index in [0.717, 1.165) is 63.2 Å². The van der Waals surface area contributed by atoms with Crippen molar-refractivity contribution >= 4 is 34.8 Å². The molecular formula is C32H34Cl2N8O3. The summed E-state index contributed by atoms with van der Waals surface area (Å²) in [5.41, 5.74) is 3.59. The van der Waals surface area contributed by atoms with Gasteiger partial charge in [-0.3, -0.25) is 19.1 Å². The molecule has 45 heavy (non-hydrogen) atoms. The van der Waals surface area contributed by atoms with Crippen molar-refractivity contribution in [2.24, 2.45) is 0 Å². The molecule has 0 radical (unpaired) electrons. The molecule has 1 N–H and O–H groups in total. The van der Waals surface area contributed by atoms with Gasteiger partial charge in [-0.25, -0.2) is 9.67 Å². The number of carbonyl (C=O) groups is 1. The fourth-order valence-corrected chi connectivity index (χ4v) is 6.81. The zero-order chi connectivity index (χ0) is 30.9. The lowest BCUT2D eigenvalue weighted by Gasteiger charge is -2.46. The zero-order valence-electron chi connectivity index (χ0n) is 24.7. The first-order valence-electron chi connectivity index (χ1n) is 15.4. The largest absolute Gasteiger partial charge is 0.378 e. The lowest BCUT2D eigenvalue weighted by atomic mass is 9.98. The van der Waals surface area contributed by atoms with E-state index < -0.39 is 0 Å². The van der Waals surface area contributed by atoms with Crippen LogP contribution in [0.1, 0.15) is 37.3 Å². The van der Waals surface area contributed by atoms with Crippen LogP contribution in [0.4, 0.5) is 5.69 Å². The van der Waals surface area contributed by atoms with Crippen LogP contribution in [-0.4, -0.2) is 86.8 Å². The Balaban J connectivity index is 1.23. The smallest absolute Gasteiger partial charge is 0.254 e. The number of anilines is 1. The van der Waals surface area contributed by atoms with Gasteiger partial charge in [0, 0.05) is 48.5 Å². The van der Waals surface area contributed by atoms with E-state index in [4.69, 9.17) is 32.9 Å². The number of rotatable bonds is 4. The highest BCUT2D eigenvalue weighted by Crippen LogP contribution is 2.32. The number of carbonyl (C=O) groups excluding carboxylic acids is 1. The summed E-state index contributed by atoms with van der Waals surface area (Å²) in [6, 6.07) is 15.0.